The molecule has 0 aliphatic carbocycles. The van der Waals surface area contributed by atoms with Gasteiger partial charge in [-0.1, -0.05) is 12.1 Å². The van der Waals surface area contributed by atoms with E-state index < -0.39 is 21.5 Å². The Morgan fingerprint density at radius 3 is 2.68 bits per heavy atom. The molecule has 0 atom stereocenters. The molecule has 0 unspecified atom stereocenters. The summed E-state index contributed by atoms with van der Waals surface area (Å²) < 4.78 is 23.1. The monoisotopic (exact) mass is 280 g/mol. The van der Waals surface area contributed by atoms with Crippen molar-refractivity contribution in [3.05, 3.63) is 29.3 Å². The Morgan fingerprint density at radius 1 is 1.37 bits per heavy atom. The summed E-state index contributed by atoms with van der Waals surface area (Å²) in [5.74, 6) is -1.46. The van der Waals surface area contributed by atoms with Crippen LogP contribution in [0.3, 0.4) is 0 Å². The van der Waals surface area contributed by atoms with Crippen LogP contribution < -0.4 is 5.32 Å². The van der Waals surface area contributed by atoms with Gasteiger partial charge in [0.2, 0.25) is 5.91 Å². The molecule has 1 aromatic carbocycles. The van der Waals surface area contributed by atoms with E-state index in [-0.39, 0.29) is 12.2 Å². The summed E-state index contributed by atoms with van der Waals surface area (Å²) in [6.45, 7) is 3.72. The molecule has 0 heterocycles. The minimum Gasteiger partial charge on any atom is -0.325 e. The van der Waals surface area contributed by atoms with Crippen LogP contribution in [0, 0.1) is 25.2 Å². The van der Waals surface area contributed by atoms with Gasteiger partial charge < -0.3 is 5.32 Å². The molecule has 1 amide bonds. The van der Waals surface area contributed by atoms with Crippen molar-refractivity contribution in [1.82, 2.24) is 0 Å². The summed E-state index contributed by atoms with van der Waals surface area (Å²) in [5, 5.41) is 10.9. The van der Waals surface area contributed by atoms with Crippen molar-refractivity contribution in [3.8, 4) is 6.07 Å². The SMILES string of the molecule is Cc1ccc(C)c(NC(=O)CS(=O)(=O)CCC#N)c1. The minimum absolute atomic E-state index is 0.0981. The molecule has 1 aromatic rings. The number of carbonyl (C=O) groups excluding carboxylic acids is 1. The van der Waals surface area contributed by atoms with Gasteiger partial charge in [-0.15, -0.1) is 0 Å². The normalized spacial score (nSPS) is 10.8. The maximum absolute atomic E-state index is 11.7. The molecular formula is C13H16N2O3S. The number of amides is 1. The van der Waals surface area contributed by atoms with Crippen molar-refractivity contribution in [2.45, 2.75) is 20.3 Å². The molecule has 0 radical (unpaired) electrons. The van der Waals surface area contributed by atoms with E-state index in [0.29, 0.717) is 5.69 Å². The summed E-state index contributed by atoms with van der Waals surface area (Å²) in [4.78, 5) is 11.7. The van der Waals surface area contributed by atoms with Crippen LogP contribution in [0.1, 0.15) is 17.5 Å². The lowest BCUT2D eigenvalue weighted by Crippen LogP contribution is -2.25. The largest absolute Gasteiger partial charge is 0.325 e. The van der Waals surface area contributed by atoms with Gasteiger partial charge in [0, 0.05) is 12.1 Å². The number of sulfone groups is 1. The van der Waals surface area contributed by atoms with Crippen LogP contribution in [-0.2, 0) is 14.6 Å². The second-order valence-electron chi connectivity index (χ2n) is 4.37. The molecule has 0 fully saturated rings. The zero-order valence-corrected chi connectivity index (χ0v) is 11.8. The van der Waals surface area contributed by atoms with Gasteiger partial charge in [-0.3, -0.25) is 4.79 Å². The maximum Gasteiger partial charge on any atom is 0.239 e. The number of nitriles is 1. The van der Waals surface area contributed by atoms with E-state index in [2.05, 4.69) is 5.32 Å². The topological polar surface area (TPSA) is 87.0 Å². The minimum atomic E-state index is -3.52. The van der Waals surface area contributed by atoms with Gasteiger partial charge in [0.1, 0.15) is 5.75 Å². The number of anilines is 1. The van der Waals surface area contributed by atoms with E-state index in [4.69, 9.17) is 5.26 Å². The number of nitrogens with zero attached hydrogens (tertiary/aromatic N) is 1. The van der Waals surface area contributed by atoms with Crippen LogP contribution in [0.15, 0.2) is 18.2 Å². The van der Waals surface area contributed by atoms with Gasteiger partial charge >= 0.3 is 0 Å². The number of benzene rings is 1. The molecule has 1 N–H and O–H groups in total. The van der Waals surface area contributed by atoms with E-state index in [1.807, 2.05) is 26.0 Å². The fraction of sp³-hybridized carbons (Fsp3) is 0.385. The smallest absolute Gasteiger partial charge is 0.239 e. The number of carbonyl (C=O) groups is 1. The highest BCUT2D eigenvalue weighted by Gasteiger charge is 2.16. The molecule has 0 saturated heterocycles. The van der Waals surface area contributed by atoms with E-state index in [1.165, 1.54) is 0 Å². The van der Waals surface area contributed by atoms with Gasteiger partial charge in [0.25, 0.3) is 0 Å². The molecule has 1 rings (SSSR count). The van der Waals surface area contributed by atoms with Crippen LogP contribution in [0.4, 0.5) is 5.69 Å². The zero-order chi connectivity index (χ0) is 14.5. The second kappa shape index (κ2) is 6.34. The van der Waals surface area contributed by atoms with Gasteiger partial charge in [0.15, 0.2) is 9.84 Å². The maximum atomic E-state index is 11.7. The zero-order valence-electron chi connectivity index (χ0n) is 10.9. The first-order chi connectivity index (χ1) is 8.84. The van der Waals surface area contributed by atoms with Crippen LogP contribution in [0.2, 0.25) is 0 Å². The molecule has 19 heavy (non-hydrogen) atoms. The first-order valence-corrected chi connectivity index (χ1v) is 7.60. The van der Waals surface area contributed by atoms with Gasteiger partial charge in [-0.25, -0.2) is 8.42 Å². The fourth-order valence-electron chi connectivity index (χ4n) is 1.53. The van der Waals surface area contributed by atoms with Crippen LogP contribution >= 0.6 is 0 Å². The lowest BCUT2D eigenvalue weighted by atomic mass is 10.1. The average molecular weight is 280 g/mol. The molecule has 0 saturated carbocycles. The van der Waals surface area contributed by atoms with Crippen molar-refractivity contribution in [2.24, 2.45) is 0 Å². The number of hydrogen-bond donors (Lipinski definition) is 1. The standard InChI is InChI=1S/C13H16N2O3S/c1-10-4-5-11(2)12(8-10)15-13(16)9-19(17,18)7-3-6-14/h4-5,8H,3,7,9H2,1-2H3,(H,15,16). The first kappa shape index (κ1) is 15.2. The van der Waals surface area contributed by atoms with E-state index in [0.717, 1.165) is 11.1 Å². The third-order valence-corrected chi connectivity index (χ3v) is 4.07. The Hall–Kier alpha value is -1.87. The van der Waals surface area contributed by atoms with Gasteiger partial charge in [-0.05, 0) is 31.0 Å². The van der Waals surface area contributed by atoms with Gasteiger partial charge in [0.05, 0.1) is 11.8 Å². The second-order valence-corrected chi connectivity index (χ2v) is 6.55. The molecule has 0 aliphatic heterocycles. The lowest BCUT2D eigenvalue weighted by Gasteiger charge is -2.09. The summed E-state index contributed by atoms with van der Waals surface area (Å²) in [7, 11) is -3.52. The molecule has 0 spiro atoms. The third kappa shape index (κ3) is 5.10. The van der Waals surface area contributed by atoms with E-state index in [1.54, 1.807) is 12.1 Å². The quantitative estimate of drug-likeness (QED) is 0.886. The molecule has 0 bridgehead atoms. The molecule has 5 nitrogen and oxygen atoms in total. The van der Waals surface area contributed by atoms with Crippen molar-refractivity contribution in [3.63, 3.8) is 0 Å². The summed E-state index contributed by atoms with van der Waals surface area (Å²) >= 11 is 0. The van der Waals surface area contributed by atoms with Crippen molar-refractivity contribution in [2.75, 3.05) is 16.8 Å². The third-order valence-electron chi connectivity index (χ3n) is 2.54. The van der Waals surface area contributed by atoms with E-state index in [9.17, 15) is 13.2 Å². The Labute approximate surface area is 113 Å². The number of rotatable bonds is 5. The number of aryl methyl sites for hydroxylation is 2. The van der Waals surface area contributed by atoms with Gasteiger partial charge in [-0.2, -0.15) is 5.26 Å². The molecule has 0 aliphatic rings. The Balaban J connectivity index is 2.71. The molecule has 0 aromatic heterocycles. The first-order valence-electron chi connectivity index (χ1n) is 5.78. The predicted octanol–water partition coefficient (Wildman–Crippen LogP) is 1.57. The van der Waals surface area contributed by atoms with Crippen LogP contribution in [-0.4, -0.2) is 25.8 Å². The van der Waals surface area contributed by atoms with Crippen molar-refractivity contribution in [1.29, 1.82) is 5.26 Å². The van der Waals surface area contributed by atoms with Crippen LogP contribution in [0.25, 0.3) is 0 Å². The van der Waals surface area contributed by atoms with Crippen molar-refractivity contribution >= 4 is 21.4 Å². The molecule has 102 valence electrons. The molecular weight excluding hydrogens is 264 g/mol. The molecule has 6 heteroatoms. The Kier molecular flexibility index (Phi) is 5.07. The lowest BCUT2D eigenvalue weighted by molar-refractivity contribution is -0.113. The Morgan fingerprint density at radius 2 is 2.05 bits per heavy atom. The highest BCUT2D eigenvalue weighted by Crippen LogP contribution is 2.16. The summed E-state index contributed by atoms with van der Waals surface area (Å²) in [6, 6.07) is 7.31. The predicted molar refractivity (Wildman–Crippen MR) is 73.4 cm³/mol. The Bertz CT molecular complexity index is 615. The fourth-order valence-corrected chi connectivity index (χ4v) is 2.55. The van der Waals surface area contributed by atoms with E-state index >= 15 is 0 Å². The highest BCUT2D eigenvalue weighted by atomic mass is 32.2. The van der Waals surface area contributed by atoms with Crippen LogP contribution in [0.5, 0.6) is 0 Å². The highest BCUT2D eigenvalue weighted by molar-refractivity contribution is 7.92. The number of nitrogens with one attached hydrogen (secondary N) is 1. The summed E-state index contributed by atoms with van der Waals surface area (Å²) in [6.07, 6.45) is -0.0981. The summed E-state index contributed by atoms with van der Waals surface area (Å²) in [5.41, 5.74) is 2.46. The van der Waals surface area contributed by atoms with Crippen molar-refractivity contribution < 1.29 is 13.2 Å². The number of hydrogen-bond acceptors (Lipinski definition) is 4. The average Bonchev–Trinajstić information content (AvgIpc) is 2.30.